The van der Waals surface area contributed by atoms with Crippen LogP contribution in [0.5, 0.6) is 5.75 Å². The highest BCUT2D eigenvalue weighted by Gasteiger charge is 2.13. The second-order valence-electron chi connectivity index (χ2n) is 5.01. The van der Waals surface area contributed by atoms with Crippen LogP contribution in [0.15, 0.2) is 42.5 Å². The van der Waals surface area contributed by atoms with Crippen molar-refractivity contribution in [3.05, 3.63) is 58.6 Å². The maximum atomic E-state index is 12.3. The predicted molar refractivity (Wildman–Crippen MR) is 93.0 cm³/mol. The zero-order valence-electron chi connectivity index (χ0n) is 13.5. The first kappa shape index (κ1) is 17.8. The molecule has 0 radical (unpaired) electrons. The Morgan fingerprint density at radius 3 is 2.38 bits per heavy atom. The first-order valence-electron chi connectivity index (χ1n) is 7.47. The minimum atomic E-state index is -0.450. The Hall–Kier alpha value is -2.53. The number of nitrogens with one attached hydrogen (secondary N) is 1. The lowest BCUT2D eigenvalue weighted by atomic mass is 10.1. The Morgan fingerprint density at radius 1 is 1.08 bits per heavy atom. The van der Waals surface area contributed by atoms with Crippen molar-refractivity contribution in [1.82, 2.24) is 0 Å². The normalized spacial score (nSPS) is 10.1. The standard InChI is InChI=1S/C18H18ClNO4/c1-3-10-24-18(22)13-6-9-15(19)16(11-13)20-17(21)12-4-7-14(23-2)8-5-12/h4-9,11H,3,10H2,1-2H3,(H,20,21). The van der Waals surface area contributed by atoms with E-state index in [1.54, 1.807) is 43.5 Å². The number of methoxy groups -OCH3 is 1. The number of rotatable bonds is 6. The van der Waals surface area contributed by atoms with Gasteiger partial charge in [-0.15, -0.1) is 0 Å². The number of hydrogen-bond donors (Lipinski definition) is 1. The van der Waals surface area contributed by atoms with Crippen molar-refractivity contribution in [2.45, 2.75) is 13.3 Å². The van der Waals surface area contributed by atoms with Gasteiger partial charge in [-0.1, -0.05) is 18.5 Å². The molecule has 0 heterocycles. The van der Waals surface area contributed by atoms with Crippen LogP contribution in [0.2, 0.25) is 5.02 Å². The summed E-state index contributed by atoms with van der Waals surface area (Å²) in [6.45, 7) is 2.25. The highest BCUT2D eigenvalue weighted by molar-refractivity contribution is 6.34. The molecule has 0 spiro atoms. The van der Waals surface area contributed by atoms with Gasteiger partial charge in [0, 0.05) is 5.56 Å². The van der Waals surface area contributed by atoms with Gasteiger partial charge in [0.1, 0.15) is 5.75 Å². The van der Waals surface area contributed by atoms with E-state index in [2.05, 4.69) is 5.32 Å². The van der Waals surface area contributed by atoms with E-state index in [-0.39, 0.29) is 5.91 Å². The van der Waals surface area contributed by atoms with Crippen LogP contribution in [0.25, 0.3) is 0 Å². The molecular formula is C18H18ClNO4. The smallest absolute Gasteiger partial charge is 0.338 e. The number of anilines is 1. The molecule has 2 aromatic rings. The maximum Gasteiger partial charge on any atom is 0.338 e. The van der Waals surface area contributed by atoms with Crippen molar-refractivity contribution >= 4 is 29.2 Å². The second kappa shape index (κ2) is 8.36. The number of halogens is 1. The second-order valence-corrected chi connectivity index (χ2v) is 5.42. The average molecular weight is 348 g/mol. The maximum absolute atomic E-state index is 12.3. The van der Waals surface area contributed by atoms with Gasteiger partial charge >= 0.3 is 5.97 Å². The summed E-state index contributed by atoms with van der Waals surface area (Å²) < 4.78 is 10.1. The van der Waals surface area contributed by atoms with Crippen LogP contribution in [0, 0.1) is 0 Å². The number of amides is 1. The van der Waals surface area contributed by atoms with Gasteiger partial charge in [0.15, 0.2) is 0 Å². The van der Waals surface area contributed by atoms with Crippen LogP contribution >= 0.6 is 11.6 Å². The molecule has 1 amide bonds. The molecule has 0 saturated heterocycles. The summed E-state index contributed by atoms with van der Waals surface area (Å²) in [5.41, 5.74) is 1.13. The minimum absolute atomic E-state index is 0.331. The topological polar surface area (TPSA) is 64.6 Å². The number of hydrogen-bond acceptors (Lipinski definition) is 4. The molecule has 126 valence electrons. The van der Waals surface area contributed by atoms with Gasteiger partial charge in [0.25, 0.3) is 5.91 Å². The molecule has 2 aromatic carbocycles. The fourth-order valence-corrected chi connectivity index (χ4v) is 2.13. The zero-order chi connectivity index (χ0) is 17.5. The molecule has 0 saturated carbocycles. The number of esters is 1. The van der Waals surface area contributed by atoms with Gasteiger partial charge in [0.05, 0.1) is 30.0 Å². The lowest BCUT2D eigenvalue weighted by Gasteiger charge is -2.10. The van der Waals surface area contributed by atoms with Crippen LogP contribution in [0.3, 0.4) is 0 Å². The van der Waals surface area contributed by atoms with Crippen molar-refractivity contribution in [2.75, 3.05) is 19.0 Å². The van der Waals surface area contributed by atoms with Crippen LogP contribution < -0.4 is 10.1 Å². The molecule has 0 aliphatic carbocycles. The highest BCUT2D eigenvalue weighted by Crippen LogP contribution is 2.24. The van der Waals surface area contributed by atoms with E-state index < -0.39 is 5.97 Å². The summed E-state index contributed by atoms with van der Waals surface area (Å²) in [4.78, 5) is 24.2. The Bertz CT molecular complexity index is 728. The Morgan fingerprint density at radius 2 is 1.75 bits per heavy atom. The van der Waals surface area contributed by atoms with Crippen LogP contribution in [0.1, 0.15) is 34.1 Å². The molecule has 0 atom stereocenters. The third-order valence-corrected chi connectivity index (χ3v) is 3.57. The van der Waals surface area contributed by atoms with E-state index >= 15 is 0 Å². The Kier molecular flexibility index (Phi) is 6.21. The van der Waals surface area contributed by atoms with Crippen molar-refractivity contribution in [1.29, 1.82) is 0 Å². The SMILES string of the molecule is CCCOC(=O)c1ccc(Cl)c(NC(=O)c2ccc(OC)cc2)c1. The van der Waals surface area contributed by atoms with E-state index in [1.807, 2.05) is 6.92 Å². The summed E-state index contributed by atoms with van der Waals surface area (Å²) in [7, 11) is 1.55. The first-order chi connectivity index (χ1) is 11.5. The third-order valence-electron chi connectivity index (χ3n) is 3.24. The van der Waals surface area contributed by atoms with E-state index in [1.165, 1.54) is 6.07 Å². The summed E-state index contributed by atoms with van der Waals surface area (Å²) in [5.74, 6) is -0.127. The number of benzene rings is 2. The van der Waals surface area contributed by atoms with Gasteiger partial charge in [-0.2, -0.15) is 0 Å². The molecule has 0 aromatic heterocycles. The molecule has 0 bridgehead atoms. The Balaban J connectivity index is 2.15. The van der Waals surface area contributed by atoms with E-state index in [0.717, 1.165) is 6.42 Å². The lowest BCUT2D eigenvalue weighted by Crippen LogP contribution is -2.13. The van der Waals surface area contributed by atoms with Crippen LogP contribution in [-0.2, 0) is 4.74 Å². The number of carbonyl (C=O) groups is 2. The van der Waals surface area contributed by atoms with Crippen molar-refractivity contribution < 1.29 is 19.1 Å². The van der Waals surface area contributed by atoms with Gasteiger partial charge in [-0.05, 0) is 48.9 Å². The molecule has 0 aliphatic heterocycles. The summed E-state index contributed by atoms with van der Waals surface area (Å²) in [6, 6.07) is 11.3. The molecule has 2 rings (SSSR count). The molecule has 5 nitrogen and oxygen atoms in total. The monoisotopic (exact) mass is 347 g/mol. The van der Waals surface area contributed by atoms with E-state index in [9.17, 15) is 9.59 Å². The van der Waals surface area contributed by atoms with Crippen LogP contribution in [0.4, 0.5) is 5.69 Å². The fraction of sp³-hybridized carbons (Fsp3) is 0.222. The summed E-state index contributed by atoms with van der Waals surface area (Å²) >= 11 is 6.10. The zero-order valence-corrected chi connectivity index (χ0v) is 14.2. The molecule has 1 N–H and O–H groups in total. The molecule has 0 fully saturated rings. The number of ether oxygens (including phenoxy) is 2. The first-order valence-corrected chi connectivity index (χ1v) is 7.85. The van der Waals surface area contributed by atoms with Crippen molar-refractivity contribution in [2.24, 2.45) is 0 Å². The molecule has 0 unspecified atom stereocenters. The van der Waals surface area contributed by atoms with Crippen LogP contribution in [-0.4, -0.2) is 25.6 Å². The average Bonchev–Trinajstić information content (AvgIpc) is 2.61. The minimum Gasteiger partial charge on any atom is -0.497 e. The van der Waals surface area contributed by atoms with Gasteiger partial charge < -0.3 is 14.8 Å². The predicted octanol–water partition coefficient (Wildman–Crippen LogP) is 4.17. The van der Waals surface area contributed by atoms with Crippen molar-refractivity contribution in [3.63, 3.8) is 0 Å². The number of carbonyl (C=O) groups excluding carboxylic acids is 2. The quantitative estimate of drug-likeness (QED) is 0.796. The lowest BCUT2D eigenvalue weighted by molar-refractivity contribution is 0.0505. The Labute approximate surface area is 145 Å². The van der Waals surface area contributed by atoms with Gasteiger partial charge in [-0.3, -0.25) is 4.79 Å². The fourth-order valence-electron chi connectivity index (χ4n) is 1.96. The molecule has 0 aliphatic rings. The molecule has 24 heavy (non-hydrogen) atoms. The largest absolute Gasteiger partial charge is 0.497 e. The van der Waals surface area contributed by atoms with Gasteiger partial charge in [-0.25, -0.2) is 4.79 Å². The van der Waals surface area contributed by atoms with E-state index in [0.29, 0.717) is 34.2 Å². The molecular weight excluding hydrogens is 330 g/mol. The summed E-state index contributed by atoms with van der Waals surface area (Å²) in [5, 5.41) is 3.03. The molecule has 6 heteroatoms. The third kappa shape index (κ3) is 4.49. The van der Waals surface area contributed by atoms with Crippen molar-refractivity contribution in [3.8, 4) is 5.75 Å². The van der Waals surface area contributed by atoms with Gasteiger partial charge in [0.2, 0.25) is 0 Å². The van der Waals surface area contributed by atoms with E-state index in [4.69, 9.17) is 21.1 Å². The highest BCUT2D eigenvalue weighted by atomic mass is 35.5. The summed E-state index contributed by atoms with van der Waals surface area (Å²) in [6.07, 6.45) is 0.737.